The van der Waals surface area contributed by atoms with Gasteiger partial charge in [-0.1, -0.05) is 29.8 Å². The summed E-state index contributed by atoms with van der Waals surface area (Å²) in [5, 5.41) is 6.38. The van der Waals surface area contributed by atoms with Crippen LogP contribution in [0.5, 0.6) is 0 Å². The van der Waals surface area contributed by atoms with Gasteiger partial charge in [0.1, 0.15) is 5.54 Å². The first-order chi connectivity index (χ1) is 13.8. The highest BCUT2D eigenvalue weighted by atomic mass is 79.9. The highest BCUT2D eigenvalue weighted by molar-refractivity contribution is 9.10. The quantitative estimate of drug-likeness (QED) is 0.498. The number of anilines is 1. The maximum Gasteiger partial charge on any atom is 0.250 e. The third kappa shape index (κ3) is 3.04. The number of methoxy groups -OCH3 is 1. The minimum Gasteiger partial charge on any atom is -0.385 e. The zero-order valence-electron chi connectivity index (χ0n) is 16.8. The van der Waals surface area contributed by atoms with Gasteiger partial charge in [-0.05, 0) is 37.0 Å². The number of fused-ring (bicyclic) bond motifs is 4. The van der Waals surface area contributed by atoms with Crippen molar-refractivity contribution >= 4 is 39.3 Å². The molecule has 0 radical (unpaired) electrons. The Morgan fingerprint density at radius 2 is 2.00 bits per heavy atom. The fraction of sp³-hybridized carbons (Fsp3) is 0.571. The Morgan fingerprint density at radius 1 is 1.24 bits per heavy atom. The number of halogens is 1. The molecule has 7 nitrogen and oxygen atoms in total. The molecule has 1 spiro atoms. The lowest BCUT2D eigenvalue weighted by Crippen LogP contribution is -2.53. The van der Waals surface area contributed by atoms with E-state index in [1.54, 1.807) is 7.11 Å². The van der Waals surface area contributed by atoms with Crippen LogP contribution < -0.4 is 10.6 Å². The van der Waals surface area contributed by atoms with Gasteiger partial charge in [-0.15, -0.1) is 0 Å². The van der Waals surface area contributed by atoms with Crippen molar-refractivity contribution in [3.8, 4) is 0 Å². The van der Waals surface area contributed by atoms with Gasteiger partial charge in [0.25, 0.3) is 0 Å². The number of nitrogens with zero attached hydrogens (tertiary/aromatic N) is 1. The lowest BCUT2D eigenvalue weighted by molar-refractivity contribution is -0.143. The molecule has 1 aromatic rings. The number of nitrogens with one attached hydrogen (secondary N) is 2. The van der Waals surface area contributed by atoms with Crippen molar-refractivity contribution in [2.75, 3.05) is 25.6 Å². The monoisotopic (exact) mass is 463 g/mol. The van der Waals surface area contributed by atoms with Crippen molar-refractivity contribution < 1.29 is 19.1 Å². The van der Waals surface area contributed by atoms with Crippen molar-refractivity contribution in [2.24, 2.45) is 17.8 Å². The van der Waals surface area contributed by atoms with E-state index in [0.29, 0.717) is 37.6 Å². The van der Waals surface area contributed by atoms with Gasteiger partial charge in [-0.2, -0.15) is 0 Å². The Kier molecular flexibility index (Phi) is 5.29. The number of ether oxygens (including phenoxy) is 1. The average molecular weight is 464 g/mol. The molecule has 0 saturated carbocycles. The number of likely N-dealkylation sites (tertiary alicyclic amines) is 1. The van der Waals surface area contributed by atoms with Gasteiger partial charge in [0, 0.05) is 42.0 Å². The molecule has 3 aliphatic rings. The Bertz CT molecular complexity index is 873. The molecule has 3 aliphatic heterocycles. The van der Waals surface area contributed by atoms with Crippen LogP contribution >= 0.6 is 15.9 Å². The molecule has 156 valence electrons. The van der Waals surface area contributed by atoms with Crippen LogP contribution in [-0.2, 0) is 24.7 Å². The van der Waals surface area contributed by atoms with Gasteiger partial charge in [-0.25, -0.2) is 0 Å². The second-order valence-corrected chi connectivity index (χ2v) is 9.43. The van der Waals surface area contributed by atoms with Crippen LogP contribution in [0.2, 0.25) is 0 Å². The van der Waals surface area contributed by atoms with Gasteiger partial charge in [-0.3, -0.25) is 24.6 Å². The summed E-state index contributed by atoms with van der Waals surface area (Å²) in [7, 11) is 1.59. The van der Waals surface area contributed by atoms with Crippen molar-refractivity contribution in [2.45, 2.75) is 38.3 Å². The average Bonchev–Trinajstić information content (AvgIpc) is 3.22. The largest absolute Gasteiger partial charge is 0.385 e. The molecule has 29 heavy (non-hydrogen) atoms. The molecule has 2 fully saturated rings. The number of carbonyl (C=O) groups excluding carboxylic acids is 3. The molecule has 0 aromatic heterocycles. The standard InChI is InChI=1S/C21H26BrN3O4/c1-11(2)9-15-16-17(19(27)25(18(16)26)7-4-8-29-3)21(24-15)13-10-12(22)5-6-14(13)23-20(21)28/h5-6,10-11,15-17,24H,4,7-9H2,1-3H3,(H,23,28)/t15-,16-,17+,21+/m1/s1. The topological polar surface area (TPSA) is 87.7 Å². The van der Waals surface area contributed by atoms with Crippen LogP contribution in [0.15, 0.2) is 22.7 Å². The van der Waals surface area contributed by atoms with E-state index < -0.39 is 17.4 Å². The summed E-state index contributed by atoms with van der Waals surface area (Å²) in [4.78, 5) is 41.4. The molecule has 0 bridgehead atoms. The normalized spacial score (nSPS) is 30.4. The zero-order chi connectivity index (χ0) is 20.9. The number of imide groups is 1. The van der Waals surface area contributed by atoms with E-state index in [1.807, 2.05) is 18.2 Å². The predicted molar refractivity (Wildman–Crippen MR) is 111 cm³/mol. The molecular weight excluding hydrogens is 438 g/mol. The number of carbonyl (C=O) groups is 3. The van der Waals surface area contributed by atoms with Gasteiger partial charge in [0.05, 0.1) is 11.8 Å². The Hall–Kier alpha value is -1.77. The van der Waals surface area contributed by atoms with Crippen LogP contribution in [-0.4, -0.2) is 48.9 Å². The Morgan fingerprint density at radius 3 is 2.69 bits per heavy atom. The van der Waals surface area contributed by atoms with E-state index in [2.05, 4.69) is 40.4 Å². The Labute approximate surface area is 178 Å². The number of amides is 3. The first kappa shape index (κ1) is 20.5. The minimum absolute atomic E-state index is 0.178. The number of hydrogen-bond donors (Lipinski definition) is 2. The molecule has 8 heteroatoms. The highest BCUT2D eigenvalue weighted by Crippen LogP contribution is 2.54. The zero-order valence-corrected chi connectivity index (χ0v) is 18.4. The molecular formula is C21H26BrN3O4. The smallest absolute Gasteiger partial charge is 0.250 e. The maximum atomic E-state index is 13.5. The van der Waals surface area contributed by atoms with E-state index in [0.717, 1.165) is 10.0 Å². The molecule has 4 atom stereocenters. The van der Waals surface area contributed by atoms with E-state index in [1.165, 1.54) is 4.90 Å². The van der Waals surface area contributed by atoms with Gasteiger partial charge in [0.15, 0.2) is 0 Å². The molecule has 0 aliphatic carbocycles. The molecule has 3 amide bonds. The summed E-state index contributed by atoms with van der Waals surface area (Å²) >= 11 is 3.48. The van der Waals surface area contributed by atoms with E-state index in [-0.39, 0.29) is 23.8 Å². The second-order valence-electron chi connectivity index (χ2n) is 8.51. The molecule has 1 aromatic carbocycles. The molecule has 3 heterocycles. The van der Waals surface area contributed by atoms with Crippen molar-refractivity contribution in [3.63, 3.8) is 0 Å². The molecule has 2 saturated heterocycles. The molecule has 0 unspecified atom stereocenters. The lowest BCUT2D eigenvalue weighted by atomic mass is 9.76. The third-order valence-corrected chi connectivity index (χ3v) is 6.72. The van der Waals surface area contributed by atoms with Crippen molar-refractivity contribution in [1.29, 1.82) is 0 Å². The van der Waals surface area contributed by atoms with Gasteiger partial charge >= 0.3 is 0 Å². The SMILES string of the molecule is COCCCN1C(=O)[C@H]2[C@@H](C1=O)[C@]1(N[C@@H]2CC(C)C)C(=O)Nc2ccc(Br)cc21. The summed E-state index contributed by atoms with van der Waals surface area (Å²) in [6.07, 6.45) is 1.29. The maximum absolute atomic E-state index is 13.5. The van der Waals surface area contributed by atoms with Gasteiger partial charge in [0.2, 0.25) is 17.7 Å². The summed E-state index contributed by atoms with van der Waals surface area (Å²) < 4.78 is 5.90. The Balaban J connectivity index is 1.79. The van der Waals surface area contributed by atoms with Crippen molar-refractivity contribution in [1.82, 2.24) is 10.2 Å². The van der Waals surface area contributed by atoms with E-state index >= 15 is 0 Å². The van der Waals surface area contributed by atoms with Crippen LogP contribution in [0, 0.1) is 17.8 Å². The summed E-state index contributed by atoms with van der Waals surface area (Å²) in [6.45, 7) is 4.95. The van der Waals surface area contributed by atoms with Crippen LogP contribution in [0.1, 0.15) is 32.3 Å². The summed E-state index contributed by atoms with van der Waals surface area (Å²) in [6, 6.07) is 5.32. The van der Waals surface area contributed by atoms with Crippen LogP contribution in [0.4, 0.5) is 5.69 Å². The fourth-order valence-corrected chi connectivity index (χ4v) is 5.49. The van der Waals surface area contributed by atoms with Gasteiger partial charge < -0.3 is 10.1 Å². The summed E-state index contributed by atoms with van der Waals surface area (Å²) in [5.74, 6) is -1.66. The van der Waals surface area contributed by atoms with Crippen molar-refractivity contribution in [3.05, 3.63) is 28.2 Å². The molecule has 2 N–H and O–H groups in total. The van der Waals surface area contributed by atoms with Crippen LogP contribution in [0.25, 0.3) is 0 Å². The predicted octanol–water partition coefficient (Wildman–Crippen LogP) is 2.25. The first-order valence-electron chi connectivity index (χ1n) is 10.0. The van der Waals surface area contributed by atoms with Crippen LogP contribution in [0.3, 0.4) is 0 Å². The molecule has 4 rings (SSSR count). The number of hydrogen-bond acceptors (Lipinski definition) is 5. The number of benzene rings is 1. The fourth-order valence-electron chi connectivity index (χ4n) is 5.13. The van der Waals surface area contributed by atoms with E-state index in [4.69, 9.17) is 4.74 Å². The first-order valence-corrected chi connectivity index (χ1v) is 10.8. The minimum atomic E-state index is -1.22. The highest BCUT2D eigenvalue weighted by Gasteiger charge is 2.70. The lowest BCUT2D eigenvalue weighted by Gasteiger charge is -2.30. The van der Waals surface area contributed by atoms with E-state index in [9.17, 15) is 14.4 Å². The number of rotatable bonds is 6. The third-order valence-electron chi connectivity index (χ3n) is 6.22. The second kappa shape index (κ2) is 7.49. The summed E-state index contributed by atoms with van der Waals surface area (Å²) in [5.41, 5.74) is 0.206.